The van der Waals surface area contributed by atoms with Gasteiger partial charge in [-0.2, -0.15) is 0 Å². The molecule has 0 unspecified atom stereocenters. The Balaban J connectivity index is 1.62. The van der Waals surface area contributed by atoms with Gasteiger partial charge in [0.05, 0.1) is 13.2 Å². The maximum Gasteiger partial charge on any atom is 0.331 e. The number of tetrazole rings is 1. The molecule has 0 radical (unpaired) electrons. The van der Waals surface area contributed by atoms with Gasteiger partial charge in [-0.15, -0.1) is 5.10 Å². The first kappa shape index (κ1) is 17.0. The van der Waals surface area contributed by atoms with Crippen molar-refractivity contribution < 1.29 is 19.1 Å². The predicted octanol–water partition coefficient (Wildman–Crippen LogP) is -0.141. The van der Waals surface area contributed by atoms with Crippen LogP contribution in [0.25, 0.3) is 0 Å². The Labute approximate surface area is 144 Å². The molecule has 1 saturated heterocycles. The molecule has 132 valence electrons. The SMILES string of the molecule is O=C(OCC(=O)N1CCOCC1)[C@@H](Cc1ccccc1)n1cnnn1. The molecule has 0 aliphatic carbocycles. The number of aromatic nitrogens is 4. The summed E-state index contributed by atoms with van der Waals surface area (Å²) in [6.07, 6.45) is 1.73. The summed E-state index contributed by atoms with van der Waals surface area (Å²) in [6, 6.07) is 8.76. The zero-order valence-corrected chi connectivity index (χ0v) is 13.7. The Kier molecular flexibility index (Phi) is 5.68. The number of benzene rings is 1. The fourth-order valence-corrected chi connectivity index (χ4v) is 2.57. The minimum Gasteiger partial charge on any atom is -0.454 e. The van der Waals surface area contributed by atoms with Gasteiger partial charge in [0.1, 0.15) is 6.33 Å². The molecule has 2 heterocycles. The van der Waals surface area contributed by atoms with Crippen LogP contribution in [-0.4, -0.2) is 69.9 Å². The normalized spacial score (nSPS) is 15.6. The van der Waals surface area contributed by atoms with Crippen LogP contribution in [0.2, 0.25) is 0 Å². The lowest BCUT2D eigenvalue weighted by atomic mass is 10.1. The largest absolute Gasteiger partial charge is 0.454 e. The van der Waals surface area contributed by atoms with Crippen molar-refractivity contribution in [3.05, 3.63) is 42.2 Å². The first-order valence-corrected chi connectivity index (χ1v) is 8.02. The molecule has 3 rings (SSSR count). The predicted molar refractivity (Wildman–Crippen MR) is 85.4 cm³/mol. The molecule has 1 fully saturated rings. The summed E-state index contributed by atoms with van der Waals surface area (Å²) in [5.74, 6) is -0.774. The van der Waals surface area contributed by atoms with Crippen molar-refractivity contribution in [3.63, 3.8) is 0 Å². The molecule has 25 heavy (non-hydrogen) atoms. The van der Waals surface area contributed by atoms with Crippen LogP contribution in [0, 0.1) is 0 Å². The molecule has 0 saturated carbocycles. The Hall–Kier alpha value is -2.81. The Morgan fingerprint density at radius 1 is 1.20 bits per heavy atom. The van der Waals surface area contributed by atoms with Crippen molar-refractivity contribution >= 4 is 11.9 Å². The summed E-state index contributed by atoms with van der Waals surface area (Å²) in [6.45, 7) is 1.72. The summed E-state index contributed by atoms with van der Waals surface area (Å²) < 4.78 is 11.8. The Morgan fingerprint density at radius 3 is 2.64 bits per heavy atom. The highest BCUT2D eigenvalue weighted by Gasteiger charge is 2.26. The molecule has 1 aromatic heterocycles. The molecule has 0 spiro atoms. The van der Waals surface area contributed by atoms with E-state index in [1.54, 1.807) is 4.90 Å². The number of hydrogen-bond donors (Lipinski definition) is 0. The third-order valence-electron chi connectivity index (χ3n) is 3.93. The van der Waals surface area contributed by atoms with Crippen LogP contribution in [0.3, 0.4) is 0 Å². The van der Waals surface area contributed by atoms with E-state index in [2.05, 4.69) is 15.5 Å². The monoisotopic (exact) mass is 345 g/mol. The number of hydrogen-bond acceptors (Lipinski definition) is 7. The maximum absolute atomic E-state index is 12.5. The number of rotatable bonds is 6. The van der Waals surface area contributed by atoms with E-state index in [4.69, 9.17) is 9.47 Å². The number of morpholine rings is 1. The van der Waals surface area contributed by atoms with Gasteiger partial charge in [-0.3, -0.25) is 4.79 Å². The molecular formula is C16H19N5O4. The second-order valence-electron chi connectivity index (χ2n) is 5.60. The molecular weight excluding hydrogens is 326 g/mol. The maximum atomic E-state index is 12.5. The Bertz CT molecular complexity index is 686. The van der Waals surface area contributed by atoms with E-state index < -0.39 is 12.0 Å². The fourth-order valence-electron chi connectivity index (χ4n) is 2.57. The molecule has 9 nitrogen and oxygen atoms in total. The van der Waals surface area contributed by atoms with Gasteiger partial charge in [0, 0.05) is 19.5 Å². The number of amides is 1. The van der Waals surface area contributed by atoms with Crippen LogP contribution in [-0.2, 0) is 25.5 Å². The molecule has 1 atom stereocenters. The van der Waals surface area contributed by atoms with Crippen LogP contribution >= 0.6 is 0 Å². The van der Waals surface area contributed by atoms with E-state index in [9.17, 15) is 9.59 Å². The van der Waals surface area contributed by atoms with E-state index in [-0.39, 0.29) is 12.5 Å². The third kappa shape index (κ3) is 4.60. The summed E-state index contributed by atoms with van der Waals surface area (Å²) in [5, 5.41) is 10.9. The van der Waals surface area contributed by atoms with Crippen molar-refractivity contribution in [2.45, 2.75) is 12.5 Å². The van der Waals surface area contributed by atoms with E-state index >= 15 is 0 Å². The Morgan fingerprint density at radius 2 is 1.96 bits per heavy atom. The standard InChI is InChI=1S/C16H19N5O4/c22-15(20-6-8-24-9-7-20)11-25-16(23)14(21-12-17-18-19-21)10-13-4-2-1-3-5-13/h1-5,12,14H,6-11H2/t14-/m1/s1. The van der Waals surface area contributed by atoms with Gasteiger partial charge in [0.25, 0.3) is 5.91 Å². The van der Waals surface area contributed by atoms with Crippen molar-refractivity contribution in [2.75, 3.05) is 32.9 Å². The number of esters is 1. The summed E-state index contributed by atoms with van der Waals surface area (Å²) >= 11 is 0. The molecule has 1 aliphatic heterocycles. The summed E-state index contributed by atoms with van der Waals surface area (Å²) in [5.41, 5.74) is 0.944. The summed E-state index contributed by atoms with van der Waals surface area (Å²) in [7, 11) is 0. The van der Waals surface area contributed by atoms with E-state index in [1.807, 2.05) is 30.3 Å². The second-order valence-corrected chi connectivity index (χ2v) is 5.60. The second kappa shape index (κ2) is 8.34. The van der Waals surface area contributed by atoms with E-state index in [0.717, 1.165) is 5.56 Å². The van der Waals surface area contributed by atoms with Crippen LogP contribution in [0.5, 0.6) is 0 Å². The van der Waals surface area contributed by atoms with Crippen LogP contribution in [0.1, 0.15) is 11.6 Å². The highest BCUT2D eigenvalue weighted by Crippen LogP contribution is 2.15. The average Bonchev–Trinajstić information content (AvgIpc) is 3.20. The lowest BCUT2D eigenvalue weighted by Crippen LogP contribution is -2.43. The zero-order chi connectivity index (χ0) is 17.5. The average molecular weight is 345 g/mol. The van der Waals surface area contributed by atoms with Crippen molar-refractivity contribution in [3.8, 4) is 0 Å². The molecule has 2 aromatic rings. The van der Waals surface area contributed by atoms with Gasteiger partial charge in [-0.05, 0) is 16.0 Å². The minimum absolute atomic E-state index is 0.230. The van der Waals surface area contributed by atoms with Gasteiger partial charge in [0.15, 0.2) is 12.6 Å². The highest BCUT2D eigenvalue weighted by atomic mass is 16.5. The first-order chi connectivity index (χ1) is 12.2. The third-order valence-corrected chi connectivity index (χ3v) is 3.93. The zero-order valence-electron chi connectivity index (χ0n) is 13.7. The lowest BCUT2D eigenvalue weighted by Gasteiger charge is -2.26. The van der Waals surface area contributed by atoms with E-state index in [1.165, 1.54) is 11.0 Å². The van der Waals surface area contributed by atoms with Crippen LogP contribution in [0.15, 0.2) is 36.7 Å². The number of nitrogens with zero attached hydrogens (tertiary/aromatic N) is 5. The smallest absolute Gasteiger partial charge is 0.331 e. The first-order valence-electron chi connectivity index (χ1n) is 8.02. The van der Waals surface area contributed by atoms with Crippen molar-refractivity contribution in [1.29, 1.82) is 0 Å². The topological polar surface area (TPSA) is 99.4 Å². The van der Waals surface area contributed by atoms with Crippen LogP contribution in [0.4, 0.5) is 0 Å². The van der Waals surface area contributed by atoms with Gasteiger partial charge < -0.3 is 14.4 Å². The fraction of sp³-hybridized carbons (Fsp3) is 0.438. The molecule has 1 aliphatic rings. The minimum atomic E-state index is -0.727. The number of ether oxygens (including phenoxy) is 2. The van der Waals surface area contributed by atoms with Crippen LogP contribution < -0.4 is 0 Å². The van der Waals surface area contributed by atoms with Gasteiger partial charge >= 0.3 is 5.97 Å². The van der Waals surface area contributed by atoms with Gasteiger partial charge in [-0.25, -0.2) is 9.48 Å². The molecule has 9 heteroatoms. The highest BCUT2D eigenvalue weighted by molar-refractivity contribution is 5.82. The number of carbonyl (C=O) groups is 2. The summed E-state index contributed by atoms with van der Waals surface area (Å²) in [4.78, 5) is 26.2. The molecule has 0 N–H and O–H groups in total. The number of carbonyl (C=O) groups excluding carboxylic acids is 2. The van der Waals surface area contributed by atoms with E-state index in [0.29, 0.717) is 32.7 Å². The van der Waals surface area contributed by atoms with Crippen molar-refractivity contribution in [1.82, 2.24) is 25.1 Å². The molecule has 1 amide bonds. The quantitative estimate of drug-likeness (QED) is 0.672. The van der Waals surface area contributed by atoms with Gasteiger partial charge in [0.2, 0.25) is 0 Å². The molecule has 0 bridgehead atoms. The molecule has 1 aromatic carbocycles. The lowest BCUT2D eigenvalue weighted by molar-refractivity contribution is -0.156. The van der Waals surface area contributed by atoms with Crippen molar-refractivity contribution in [2.24, 2.45) is 0 Å². The van der Waals surface area contributed by atoms with Gasteiger partial charge in [-0.1, -0.05) is 30.3 Å².